The lowest BCUT2D eigenvalue weighted by atomic mass is 10.1. The summed E-state index contributed by atoms with van der Waals surface area (Å²) in [6.07, 6.45) is 0.932. The van der Waals surface area contributed by atoms with E-state index in [0.29, 0.717) is 12.2 Å². The molecule has 3 aromatic rings. The first-order valence-electron chi connectivity index (χ1n) is 8.52. The Hall–Kier alpha value is -2.40. The molecule has 0 fully saturated rings. The van der Waals surface area contributed by atoms with Gasteiger partial charge in [-0.1, -0.05) is 19.1 Å². The van der Waals surface area contributed by atoms with Gasteiger partial charge in [0.25, 0.3) is 0 Å². The summed E-state index contributed by atoms with van der Waals surface area (Å²) in [7, 11) is 0. The van der Waals surface area contributed by atoms with Gasteiger partial charge in [-0.3, -0.25) is 9.59 Å². The summed E-state index contributed by atoms with van der Waals surface area (Å²) in [5.41, 5.74) is 3.65. The van der Waals surface area contributed by atoms with E-state index in [4.69, 9.17) is 0 Å². The van der Waals surface area contributed by atoms with Crippen LogP contribution in [0.5, 0.6) is 0 Å². The topological polar surface area (TPSA) is 42.3 Å². The van der Waals surface area contributed by atoms with Gasteiger partial charge in [0.1, 0.15) is 6.54 Å². The fraction of sp³-hybridized carbons (Fsp3) is 0.300. The number of aryl methyl sites for hydroxylation is 1. The number of ketones is 1. The summed E-state index contributed by atoms with van der Waals surface area (Å²) in [6, 6.07) is 11.9. The van der Waals surface area contributed by atoms with Crippen LogP contribution in [-0.2, 0) is 17.8 Å². The van der Waals surface area contributed by atoms with Crippen molar-refractivity contribution < 1.29 is 9.59 Å². The second-order valence-electron chi connectivity index (χ2n) is 6.00. The summed E-state index contributed by atoms with van der Waals surface area (Å²) >= 11 is 1.58. The normalized spacial score (nSPS) is 11.0. The van der Waals surface area contributed by atoms with Crippen molar-refractivity contribution in [2.24, 2.45) is 0 Å². The number of aromatic nitrogens is 1. The zero-order valence-electron chi connectivity index (χ0n) is 14.8. The van der Waals surface area contributed by atoms with Crippen molar-refractivity contribution in [1.82, 2.24) is 4.57 Å². The Morgan fingerprint density at radius 2 is 1.96 bits per heavy atom. The number of carbonyl (C=O) groups is 2. The maximum absolute atomic E-state index is 13.0. The first-order valence-corrected chi connectivity index (χ1v) is 9.40. The van der Waals surface area contributed by atoms with Crippen LogP contribution in [0.25, 0.3) is 10.2 Å². The highest BCUT2D eigenvalue weighted by Crippen LogP contribution is 2.26. The van der Waals surface area contributed by atoms with Crippen LogP contribution in [0.1, 0.15) is 36.8 Å². The average molecular weight is 354 g/mol. The highest BCUT2D eigenvalue weighted by Gasteiger charge is 2.20. The Labute approximate surface area is 151 Å². The Balaban J connectivity index is 1.93. The first-order chi connectivity index (χ1) is 12.0. The van der Waals surface area contributed by atoms with Gasteiger partial charge in [0.05, 0.1) is 15.9 Å². The van der Waals surface area contributed by atoms with Crippen LogP contribution in [0.3, 0.4) is 0 Å². The highest BCUT2D eigenvalue weighted by atomic mass is 32.1. The van der Waals surface area contributed by atoms with E-state index in [-0.39, 0.29) is 18.2 Å². The second-order valence-corrected chi connectivity index (χ2v) is 6.95. The van der Waals surface area contributed by atoms with E-state index in [1.54, 1.807) is 23.2 Å². The lowest BCUT2D eigenvalue weighted by molar-refractivity contribution is -0.119. The molecule has 1 amide bonds. The number of thiophene rings is 1. The molecule has 0 N–H and O–H groups in total. The fourth-order valence-corrected chi connectivity index (χ4v) is 3.93. The zero-order chi connectivity index (χ0) is 18.0. The molecule has 0 unspecified atom stereocenters. The molecule has 0 spiro atoms. The molecule has 0 atom stereocenters. The van der Waals surface area contributed by atoms with Crippen molar-refractivity contribution >= 4 is 38.9 Å². The number of benzene rings is 1. The molecule has 5 heteroatoms. The van der Waals surface area contributed by atoms with Crippen molar-refractivity contribution in [2.75, 3.05) is 11.4 Å². The van der Waals surface area contributed by atoms with E-state index >= 15 is 0 Å². The molecule has 0 saturated carbocycles. The van der Waals surface area contributed by atoms with E-state index in [1.165, 1.54) is 5.56 Å². The van der Waals surface area contributed by atoms with E-state index in [2.05, 4.69) is 19.1 Å². The highest BCUT2D eigenvalue weighted by molar-refractivity contribution is 7.17. The smallest absolute Gasteiger partial charge is 0.246 e. The molecule has 0 radical (unpaired) electrons. The summed E-state index contributed by atoms with van der Waals surface area (Å²) in [6.45, 7) is 6.37. The van der Waals surface area contributed by atoms with Gasteiger partial charge in [0.2, 0.25) is 5.91 Å². The van der Waals surface area contributed by atoms with E-state index in [9.17, 15) is 9.59 Å². The van der Waals surface area contributed by atoms with Crippen LogP contribution in [0, 0.1) is 0 Å². The molecule has 25 heavy (non-hydrogen) atoms. The second kappa shape index (κ2) is 7.23. The monoisotopic (exact) mass is 354 g/mol. The van der Waals surface area contributed by atoms with Gasteiger partial charge in [-0.25, -0.2) is 0 Å². The largest absolute Gasteiger partial charge is 0.328 e. The number of amides is 1. The van der Waals surface area contributed by atoms with Gasteiger partial charge in [-0.2, -0.15) is 0 Å². The quantitative estimate of drug-likeness (QED) is 0.611. The summed E-state index contributed by atoms with van der Waals surface area (Å²) in [4.78, 5) is 26.7. The van der Waals surface area contributed by atoms with Gasteiger partial charge in [-0.15, -0.1) is 11.3 Å². The Morgan fingerprint density at radius 1 is 1.16 bits per heavy atom. The third kappa shape index (κ3) is 3.37. The van der Waals surface area contributed by atoms with Crippen molar-refractivity contribution in [2.45, 2.75) is 33.7 Å². The molecule has 130 valence electrons. The standard InChI is InChI=1S/C20H22N2O2S/c1-4-15-7-6-8-16(11-15)21(5-2)20(24)13-22-17-9-10-25-19(17)12-18(22)14(3)23/h6-12H,4-5,13H2,1-3H3. The van der Waals surface area contributed by atoms with Crippen LogP contribution < -0.4 is 4.90 Å². The Bertz CT molecular complexity index is 923. The summed E-state index contributed by atoms with van der Waals surface area (Å²) in [5.74, 6) is -0.0332. The fourth-order valence-electron chi connectivity index (χ4n) is 3.11. The predicted molar refractivity (Wildman–Crippen MR) is 104 cm³/mol. The van der Waals surface area contributed by atoms with Crippen molar-refractivity contribution in [3.8, 4) is 0 Å². The van der Waals surface area contributed by atoms with Gasteiger partial charge in [0.15, 0.2) is 5.78 Å². The number of hydrogen-bond acceptors (Lipinski definition) is 3. The Kier molecular flexibility index (Phi) is 5.04. The maximum atomic E-state index is 13.0. The number of carbonyl (C=O) groups excluding carboxylic acids is 2. The van der Waals surface area contributed by atoms with Gasteiger partial charge >= 0.3 is 0 Å². The van der Waals surface area contributed by atoms with Gasteiger partial charge < -0.3 is 9.47 Å². The van der Waals surface area contributed by atoms with Crippen molar-refractivity contribution in [3.05, 3.63) is 53.0 Å². The molecule has 2 heterocycles. The number of rotatable bonds is 6. The number of nitrogens with zero attached hydrogens (tertiary/aromatic N) is 2. The third-order valence-electron chi connectivity index (χ3n) is 4.42. The van der Waals surface area contributed by atoms with Crippen molar-refractivity contribution in [3.63, 3.8) is 0 Å². The summed E-state index contributed by atoms with van der Waals surface area (Å²) < 4.78 is 2.87. The van der Waals surface area contributed by atoms with E-state index in [0.717, 1.165) is 22.3 Å². The first kappa shape index (κ1) is 17.4. The van der Waals surface area contributed by atoms with Gasteiger partial charge in [-0.05, 0) is 48.6 Å². The molecule has 4 nitrogen and oxygen atoms in total. The predicted octanol–water partition coefficient (Wildman–Crippen LogP) is 4.52. The molecule has 0 aliphatic rings. The van der Waals surface area contributed by atoms with Crippen LogP contribution in [0.2, 0.25) is 0 Å². The number of hydrogen-bond donors (Lipinski definition) is 0. The lowest BCUT2D eigenvalue weighted by Gasteiger charge is -2.22. The number of fused-ring (bicyclic) bond motifs is 1. The van der Waals surface area contributed by atoms with E-state index in [1.807, 2.05) is 41.1 Å². The number of Topliss-reactive ketones (excluding diaryl/α,β-unsaturated/α-hetero) is 1. The molecule has 0 saturated heterocycles. The SMILES string of the molecule is CCc1cccc(N(CC)C(=O)Cn2c(C(C)=O)cc3sccc32)c1. The molecule has 3 rings (SSSR count). The Morgan fingerprint density at radius 3 is 2.64 bits per heavy atom. The maximum Gasteiger partial charge on any atom is 0.246 e. The molecule has 0 aliphatic heterocycles. The summed E-state index contributed by atoms with van der Waals surface area (Å²) in [5, 5.41) is 1.98. The third-order valence-corrected chi connectivity index (χ3v) is 5.28. The molecular formula is C20H22N2O2S. The minimum atomic E-state index is -0.0211. The minimum Gasteiger partial charge on any atom is -0.328 e. The average Bonchev–Trinajstić information content (AvgIpc) is 3.18. The minimum absolute atomic E-state index is 0.0121. The van der Waals surface area contributed by atoms with Crippen LogP contribution >= 0.6 is 11.3 Å². The van der Waals surface area contributed by atoms with Gasteiger partial charge in [0, 0.05) is 19.2 Å². The van der Waals surface area contributed by atoms with E-state index < -0.39 is 0 Å². The zero-order valence-corrected chi connectivity index (χ0v) is 15.6. The molecule has 0 bridgehead atoms. The lowest BCUT2D eigenvalue weighted by Crippen LogP contribution is -2.34. The number of anilines is 1. The molecule has 0 aliphatic carbocycles. The van der Waals surface area contributed by atoms with Crippen LogP contribution in [-0.4, -0.2) is 22.8 Å². The number of likely N-dealkylation sites (N-methyl/N-ethyl adjacent to an activating group) is 1. The molecule has 1 aromatic carbocycles. The van der Waals surface area contributed by atoms with Crippen LogP contribution in [0.4, 0.5) is 5.69 Å². The van der Waals surface area contributed by atoms with Crippen molar-refractivity contribution in [1.29, 1.82) is 0 Å². The molecule has 2 aromatic heterocycles. The van der Waals surface area contributed by atoms with Crippen LogP contribution in [0.15, 0.2) is 41.8 Å². The molecular weight excluding hydrogens is 332 g/mol.